The van der Waals surface area contributed by atoms with Crippen molar-refractivity contribution in [1.29, 1.82) is 0 Å². The summed E-state index contributed by atoms with van der Waals surface area (Å²) in [5.74, 6) is -0.960. The third-order valence-electron chi connectivity index (χ3n) is 2.26. The molecule has 1 heterocycles. The fourth-order valence-corrected chi connectivity index (χ4v) is 1.33. The molecule has 0 saturated heterocycles. The van der Waals surface area contributed by atoms with Crippen LogP contribution in [0.25, 0.3) is 0 Å². The van der Waals surface area contributed by atoms with Crippen LogP contribution >= 0.6 is 0 Å². The zero-order chi connectivity index (χ0) is 12.3. The van der Waals surface area contributed by atoms with Gasteiger partial charge in [0.15, 0.2) is 0 Å². The molecule has 0 atom stereocenters. The molecule has 0 aliphatic rings. The Kier molecular flexibility index (Phi) is 3.04. The van der Waals surface area contributed by atoms with E-state index in [9.17, 15) is 9.18 Å². The van der Waals surface area contributed by atoms with E-state index in [1.54, 1.807) is 12.3 Å². The molecule has 88 valence electrons. The summed E-state index contributed by atoms with van der Waals surface area (Å²) in [6.45, 7) is 0.310. The van der Waals surface area contributed by atoms with Crippen LogP contribution in [0.15, 0.2) is 30.5 Å². The molecule has 1 aromatic carbocycles. The molecule has 0 unspecified atom stereocenters. The molecule has 4 N–H and O–H groups in total. The first-order chi connectivity index (χ1) is 8.16. The summed E-state index contributed by atoms with van der Waals surface area (Å²) in [5.41, 5.74) is 6.35. The van der Waals surface area contributed by atoms with Crippen LogP contribution in [-0.4, -0.2) is 16.1 Å². The number of hydrogen-bond acceptors (Lipinski definition) is 3. The molecule has 0 aliphatic heterocycles. The number of rotatable bonds is 3. The van der Waals surface area contributed by atoms with E-state index in [0.29, 0.717) is 6.54 Å². The van der Waals surface area contributed by atoms with Crippen molar-refractivity contribution in [2.75, 3.05) is 5.73 Å². The Morgan fingerprint density at radius 2 is 2.29 bits per heavy atom. The third-order valence-corrected chi connectivity index (χ3v) is 2.26. The molecule has 0 fully saturated rings. The number of benzene rings is 1. The van der Waals surface area contributed by atoms with Crippen molar-refractivity contribution >= 4 is 11.6 Å². The second-order valence-corrected chi connectivity index (χ2v) is 3.50. The lowest BCUT2D eigenvalue weighted by molar-refractivity contribution is 0.0950. The number of nitrogens with one attached hydrogen (secondary N) is 2. The van der Waals surface area contributed by atoms with Crippen molar-refractivity contribution in [3.05, 3.63) is 47.5 Å². The maximum atomic E-state index is 13.1. The van der Waals surface area contributed by atoms with E-state index in [4.69, 9.17) is 5.73 Å². The molecule has 0 saturated carbocycles. The van der Waals surface area contributed by atoms with Crippen LogP contribution < -0.4 is 11.1 Å². The SMILES string of the molecule is Nc1ccc(C(=O)NCc2ccn[nH]2)cc1F. The van der Waals surface area contributed by atoms with Crippen LogP contribution in [0, 0.1) is 5.82 Å². The first kappa shape index (κ1) is 11.1. The number of nitrogens with two attached hydrogens (primary N) is 1. The van der Waals surface area contributed by atoms with Crippen molar-refractivity contribution in [3.63, 3.8) is 0 Å². The van der Waals surface area contributed by atoms with Gasteiger partial charge in [0.25, 0.3) is 5.91 Å². The first-order valence-electron chi connectivity index (χ1n) is 4.98. The monoisotopic (exact) mass is 234 g/mol. The molecular weight excluding hydrogens is 223 g/mol. The quantitative estimate of drug-likeness (QED) is 0.694. The van der Waals surface area contributed by atoms with E-state index in [1.165, 1.54) is 12.1 Å². The van der Waals surface area contributed by atoms with Crippen LogP contribution in [0.4, 0.5) is 10.1 Å². The zero-order valence-electron chi connectivity index (χ0n) is 8.90. The smallest absolute Gasteiger partial charge is 0.251 e. The van der Waals surface area contributed by atoms with Crippen LogP contribution in [0.3, 0.4) is 0 Å². The molecule has 0 radical (unpaired) electrons. The minimum atomic E-state index is -0.598. The summed E-state index contributed by atoms with van der Waals surface area (Å²) in [7, 11) is 0. The largest absolute Gasteiger partial charge is 0.396 e. The van der Waals surface area contributed by atoms with Crippen molar-refractivity contribution < 1.29 is 9.18 Å². The fraction of sp³-hybridized carbons (Fsp3) is 0.0909. The summed E-state index contributed by atoms with van der Waals surface area (Å²) in [4.78, 5) is 11.7. The number of H-pyrrole nitrogens is 1. The summed E-state index contributed by atoms with van der Waals surface area (Å²) in [6, 6.07) is 5.68. The number of hydrogen-bond donors (Lipinski definition) is 3. The van der Waals surface area contributed by atoms with Crippen LogP contribution in [0.2, 0.25) is 0 Å². The lowest BCUT2D eigenvalue weighted by atomic mass is 10.2. The van der Waals surface area contributed by atoms with E-state index in [1.807, 2.05) is 0 Å². The number of aromatic amines is 1. The summed E-state index contributed by atoms with van der Waals surface area (Å²) in [5, 5.41) is 9.08. The van der Waals surface area contributed by atoms with Gasteiger partial charge in [0.2, 0.25) is 0 Å². The van der Waals surface area contributed by atoms with Gasteiger partial charge in [0, 0.05) is 11.8 Å². The van der Waals surface area contributed by atoms with Crippen molar-refractivity contribution in [2.45, 2.75) is 6.54 Å². The normalized spacial score (nSPS) is 10.2. The molecule has 2 rings (SSSR count). The molecule has 0 spiro atoms. The number of aromatic nitrogens is 2. The molecule has 1 aromatic heterocycles. The van der Waals surface area contributed by atoms with E-state index in [0.717, 1.165) is 11.8 Å². The molecule has 17 heavy (non-hydrogen) atoms. The van der Waals surface area contributed by atoms with E-state index < -0.39 is 5.82 Å². The van der Waals surface area contributed by atoms with Gasteiger partial charge in [-0.05, 0) is 24.3 Å². The number of anilines is 1. The average molecular weight is 234 g/mol. The Hall–Kier alpha value is -2.37. The van der Waals surface area contributed by atoms with Gasteiger partial charge in [-0.3, -0.25) is 9.89 Å². The zero-order valence-corrected chi connectivity index (χ0v) is 8.90. The highest BCUT2D eigenvalue weighted by Crippen LogP contribution is 2.11. The number of halogens is 1. The van der Waals surface area contributed by atoms with Crippen molar-refractivity contribution in [1.82, 2.24) is 15.5 Å². The third kappa shape index (κ3) is 2.60. The number of nitrogens with zero attached hydrogens (tertiary/aromatic N) is 1. The molecule has 0 bridgehead atoms. The van der Waals surface area contributed by atoms with Gasteiger partial charge in [-0.15, -0.1) is 0 Å². The van der Waals surface area contributed by atoms with Crippen LogP contribution in [0.1, 0.15) is 16.1 Å². The van der Waals surface area contributed by atoms with Gasteiger partial charge in [-0.1, -0.05) is 0 Å². The number of amides is 1. The van der Waals surface area contributed by atoms with Gasteiger partial charge in [-0.2, -0.15) is 5.10 Å². The van der Waals surface area contributed by atoms with Crippen molar-refractivity contribution in [3.8, 4) is 0 Å². The Morgan fingerprint density at radius 3 is 2.94 bits per heavy atom. The fourth-order valence-electron chi connectivity index (χ4n) is 1.33. The van der Waals surface area contributed by atoms with E-state index in [-0.39, 0.29) is 17.2 Å². The lowest BCUT2D eigenvalue weighted by Crippen LogP contribution is -2.23. The van der Waals surface area contributed by atoms with Crippen LogP contribution in [0.5, 0.6) is 0 Å². The van der Waals surface area contributed by atoms with Gasteiger partial charge in [0.05, 0.1) is 17.9 Å². The predicted molar refractivity (Wildman–Crippen MR) is 60.6 cm³/mol. The van der Waals surface area contributed by atoms with E-state index in [2.05, 4.69) is 15.5 Å². The van der Waals surface area contributed by atoms with Gasteiger partial charge >= 0.3 is 0 Å². The Labute approximate surface area is 96.8 Å². The Morgan fingerprint density at radius 1 is 1.47 bits per heavy atom. The molecule has 2 aromatic rings. The van der Waals surface area contributed by atoms with Crippen LogP contribution in [-0.2, 0) is 6.54 Å². The standard InChI is InChI=1S/C11H11FN4O/c12-9-5-7(1-2-10(9)13)11(17)14-6-8-3-4-15-16-8/h1-5H,6,13H2,(H,14,17)(H,15,16). The first-order valence-corrected chi connectivity index (χ1v) is 4.98. The summed E-state index contributed by atoms with van der Waals surface area (Å²) >= 11 is 0. The highest BCUT2D eigenvalue weighted by atomic mass is 19.1. The van der Waals surface area contributed by atoms with Gasteiger partial charge in [-0.25, -0.2) is 4.39 Å². The highest BCUT2D eigenvalue weighted by Gasteiger charge is 2.08. The number of carbonyl (C=O) groups is 1. The maximum Gasteiger partial charge on any atom is 0.251 e. The second kappa shape index (κ2) is 4.65. The second-order valence-electron chi connectivity index (χ2n) is 3.50. The lowest BCUT2D eigenvalue weighted by Gasteiger charge is -2.04. The maximum absolute atomic E-state index is 13.1. The summed E-state index contributed by atoms with van der Waals surface area (Å²) < 4.78 is 13.1. The Balaban J connectivity index is 2.02. The predicted octanol–water partition coefficient (Wildman–Crippen LogP) is 1.06. The Bertz CT molecular complexity index is 524. The average Bonchev–Trinajstić information content (AvgIpc) is 2.82. The number of carbonyl (C=O) groups excluding carboxylic acids is 1. The summed E-state index contributed by atoms with van der Waals surface area (Å²) in [6.07, 6.45) is 1.59. The molecule has 0 aliphatic carbocycles. The topological polar surface area (TPSA) is 83.8 Å². The highest BCUT2D eigenvalue weighted by molar-refractivity contribution is 5.94. The van der Waals surface area contributed by atoms with Crippen molar-refractivity contribution in [2.24, 2.45) is 0 Å². The molecular formula is C11H11FN4O. The van der Waals surface area contributed by atoms with E-state index >= 15 is 0 Å². The number of nitrogen functional groups attached to an aromatic ring is 1. The van der Waals surface area contributed by atoms with Gasteiger partial charge < -0.3 is 11.1 Å². The molecule has 1 amide bonds. The minimum absolute atomic E-state index is 0.0233. The molecule has 6 heteroatoms. The molecule has 5 nitrogen and oxygen atoms in total. The van der Waals surface area contributed by atoms with Gasteiger partial charge in [0.1, 0.15) is 5.82 Å². The minimum Gasteiger partial charge on any atom is -0.396 e.